The van der Waals surface area contributed by atoms with Crippen molar-refractivity contribution in [2.45, 2.75) is 6.92 Å². The van der Waals surface area contributed by atoms with Crippen molar-refractivity contribution in [3.8, 4) is 10.6 Å². The van der Waals surface area contributed by atoms with Crippen LogP contribution >= 0.6 is 22.9 Å². The van der Waals surface area contributed by atoms with Crippen molar-refractivity contribution in [3.05, 3.63) is 52.1 Å². The van der Waals surface area contributed by atoms with Crippen LogP contribution in [0.15, 0.2) is 36.5 Å². The third-order valence-corrected chi connectivity index (χ3v) is 4.07. The molecule has 5 heteroatoms. The van der Waals surface area contributed by atoms with E-state index < -0.39 is 0 Å². The first-order valence-electron chi connectivity index (χ1n) is 6.09. The Hall–Kier alpha value is -1.65. The number of allylic oxidation sites excluding steroid dienone is 1. The predicted octanol–water partition coefficient (Wildman–Crippen LogP) is 4.03. The lowest BCUT2D eigenvalue weighted by Crippen LogP contribution is -2.02. The Bertz CT molecular complexity index is 662. The van der Waals surface area contributed by atoms with Crippen LogP contribution in [0.2, 0.25) is 5.02 Å². The highest BCUT2D eigenvalue weighted by Crippen LogP contribution is 2.29. The summed E-state index contributed by atoms with van der Waals surface area (Å²) in [4.78, 5) is 19.1. The number of aryl methyl sites for hydroxylation is 1. The number of nitrogens with zero attached hydrogens (tertiary/aromatic N) is 2. The Balaban J connectivity index is 2.32. The molecule has 0 aliphatic carbocycles. The molecule has 0 N–H and O–H groups in total. The lowest BCUT2D eigenvalue weighted by Gasteiger charge is -2.01. The third kappa shape index (κ3) is 3.46. The molecule has 0 saturated heterocycles. The van der Waals surface area contributed by atoms with Crippen molar-refractivity contribution in [2.75, 3.05) is 14.1 Å². The molecule has 0 radical (unpaired) electrons. The molecular weight excluding hydrogens is 292 g/mol. The number of ketones is 1. The van der Waals surface area contributed by atoms with Gasteiger partial charge in [-0.05, 0) is 19.1 Å². The highest BCUT2D eigenvalue weighted by molar-refractivity contribution is 7.17. The quantitative estimate of drug-likeness (QED) is 0.631. The molecule has 104 valence electrons. The molecule has 1 heterocycles. The molecule has 0 aliphatic rings. The van der Waals surface area contributed by atoms with Crippen LogP contribution in [0.1, 0.15) is 15.4 Å². The van der Waals surface area contributed by atoms with Gasteiger partial charge in [0.15, 0.2) is 5.78 Å². The van der Waals surface area contributed by atoms with Gasteiger partial charge in [-0.1, -0.05) is 23.7 Å². The maximum atomic E-state index is 12.1. The second-order valence-electron chi connectivity index (χ2n) is 4.59. The lowest BCUT2D eigenvalue weighted by molar-refractivity contribution is 0.104. The maximum absolute atomic E-state index is 12.1. The monoisotopic (exact) mass is 306 g/mol. The van der Waals surface area contributed by atoms with E-state index in [1.807, 2.05) is 50.2 Å². The second-order valence-corrected chi connectivity index (χ2v) is 6.02. The predicted molar refractivity (Wildman–Crippen MR) is 84.5 cm³/mol. The molecule has 0 saturated carbocycles. The van der Waals surface area contributed by atoms with Crippen molar-refractivity contribution in [1.82, 2.24) is 9.88 Å². The molecule has 0 fully saturated rings. The van der Waals surface area contributed by atoms with Gasteiger partial charge in [0.1, 0.15) is 5.01 Å². The van der Waals surface area contributed by atoms with Crippen LogP contribution in [0.3, 0.4) is 0 Å². The molecule has 3 nitrogen and oxygen atoms in total. The summed E-state index contributed by atoms with van der Waals surface area (Å²) in [6.07, 6.45) is 3.29. The van der Waals surface area contributed by atoms with Crippen molar-refractivity contribution in [1.29, 1.82) is 0 Å². The second kappa shape index (κ2) is 6.20. The summed E-state index contributed by atoms with van der Waals surface area (Å²) >= 11 is 7.37. The number of hydrogen-bond donors (Lipinski definition) is 0. The molecule has 0 atom stereocenters. The minimum atomic E-state index is -0.0259. The fourth-order valence-corrected chi connectivity index (χ4v) is 2.84. The van der Waals surface area contributed by atoms with Crippen molar-refractivity contribution >= 4 is 28.7 Å². The number of carbonyl (C=O) groups excluding carboxylic acids is 1. The van der Waals surface area contributed by atoms with E-state index in [0.717, 1.165) is 16.3 Å². The zero-order valence-corrected chi connectivity index (χ0v) is 13.1. The normalized spacial score (nSPS) is 11.0. The highest BCUT2D eigenvalue weighted by Gasteiger charge is 2.14. The SMILES string of the molecule is Cc1nc(-c2cccc(Cl)c2)sc1C(=O)/C=C/N(C)C. The smallest absolute Gasteiger partial charge is 0.199 e. The number of rotatable bonds is 4. The fraction of sp³-hybridized carbons (Fsp3) is 0.200. The Morgan fingerprint density at radius 3 is 2.80 bits per heavy atom. The van der Waals surface area contributed by atoms with E-state index in [2.05, 4.69) is 4.98 Å². The van der Waals surface area contributed by atoms with Gasteiger partial charge < -0.3 is 4.90 Å². The summed E-state index contributed by atoms with van der Waals surface area (Å²) in [5.74, 6) is -0.0259. The molecule has 0 unspecified atom stereocenters. The topological polar surface area (TPSA) is 33.2 Å². The van der Waals surface area contributed by atoms with Crippen LogP contribution in [0.4, 0.5) is 0 Å². The number of benzene rings is 1. The Kier molecular flexibility index (Phi) is 4.57. The summed E-state index contributed by atoms with van der Waals surface area (Å²) in [5.41, 5.74) is 1.68. The van der Waals surface area contributed by atoms with Gasteiger partial charge in [0, 0.05) is 37.0 Å². The standard InChI is InChI=1S/C15H15ClN2OS/c1-10-14(13(19)7-8-18(2)3)20-15(17-10)11-5-4-6-12(16)9-11/h4-9H,1-3H3/b8-7+. The van der Waals surface area contributed by atoms with E-state index in [1.165, 1.54) is 11.3 Å². The fourth-order valence-electron chi connectivity index (χ4n) is 1.66. The van der Waals surface area contributed by atoms with Gasteiger partial charge in [0.25, 0.3) is 0 Å². The van der Waals surface area contributed by atoms with E-state index in [9.17, 15) is 4.79 Å². The van der Waals surface area contributed by atoms with Crippen LogP contribution in [0, 0.1) is 6.92 Å². The zero-order valence-electron chi connectivity index (χ0n) is 11.6. The summed E-state index contributed by atoms with van der Waals surface area (Å²) in [5, 5.41) is 1.47. The first-order valence-corrected chi connectivity index (χ1v) is 7.29. The third-order valence-electron chi connectivity index (χ3n) is 2.62. The van der Waals surface area contributed by atoms with Gasteiger partial charge >= 0.3 is 0 Å². The minimum Gasteiger partial charge on any atom is -0.383 e. The van der Waals surface area contributed by atoms with Gasteiger partial charge in [-0.25, -0.2) is 4.98 Å². The number of hydrogen-bond acceptors (Lipinski definition) is 4. The molecule has 0 spiro atoms. The Morgan fingerprint density at radius 1 is 1.40 bits per heavy atom. The Morgan fingerprint density at radius 2 is 2.15 bits per heavy atom. The van der Waals surface area contributed by atoms with Gasteiger partial charge in [-0.2, -0.15) is 0 Å². The molecule has 0 aliphatic heterocycles. The number of carbonyl (C=O) groups is 1. The summed E-state index contributed by atoms with van der Waals surface area (Å²) in [7, 11) is 3.75. The van der Waals surface area contributed by atoms with Gasteiger partial charge in [-0.15, -0.1) is 11.3 Å². The van der Waals surface area contributed by atoms with Crippen molar-refractivity contribution in [2.24, 2.45) is 0 Å². The van der Waals surface area contributed by atoms with E-state index in [-0.39, 0.29) is 5.78 Å². The van der Waals surface area contributed by atoms with Gasteiger partial charge in [-0.3, -0.25) is 4.79 Å². The molecule has 0 amide bonds. The molecule has 1 aromatic heterocycles. The van der Waals surface area contributed by atoms with E-state index in [1.54, 1.807) is 12.3 Å². The summed E-state index contributed by atoms with van der Waals surface area (Å²) in [6, 6.07) is 7.48. The molecule has 20 heavy (non-hydrogen) atoms. The van der Waals surface area contributed by atoms with Crippen molar-refractivity contribution in [3.63, 3.8) is 0 Å². The van der Waals surface area contributed by atoms with Gasteiger partial charge in [0.05, 0.1) is 10.6 Å². The van der Waals surface area contributed by atoms with Crippen molar-refractivity contribution < 1.29 is 4.79 Å². The average Bonchev–Trinajstić information content (AvgIpc) is 2.78. The van der Waals surface area contributed by atoms with E-state index in [4.69, 9.17) is 11.6 Å². The molecule has 0 bridgehead atoms. The first-order chi connectivity index (χ1) is 9.47. The summed E-state index contributed by atoms with van der Waals surface area (Å²) in [6.45, 7) is 1.85. The van der Waals surface area contributed by atoms with Crippen LogP contribution < -0.4 is 0 Å². The molecule has 2 rings (SSSR count). The number of aromatic nitrogens is 1. The number of thiazole rings is 1. The first kappa shape index (κ1) is 14.8. The van der Waals surface area contributed by atoms with Gasteiger partial charge in [0.2, 0.25) is 0 Å². The Labute approximate surface area is 127 Å². The molecule has 1 aromatic carbocycles. The highest BCUT2D eigenvalue weighted by atomic mass is 35.5. The van der Waals surface area contributed by atoms with Crippen LogP contribution in [-0.4, -0.2) is 29.8 Å². The maximum Gasteiger partial charge on any atom is 0.199 e. The molecular formula is C15H15ClN2OS. The zero-order chi connectivity index (χ0) is 14.7. The molecule has 2 aromatic rings. The summed E-state index contributed by atoms with van der Waals surface area (Å²) < 4.78 is 0. The van der Waals surface area contributed by atoms with Crippen LogP contribution in [-0.2, 0) is 0 Å². The average molecular weight is 307 g/mol. The van der Waals surface area contributed by atoms with Crippen LogP contribution in [0.5, 0.6) is 0 Å². The van der Waals surface area contributed by atoms with E-state index in [0.29, 0.717) is 9.90 Å². The van der Waals surface area contributed by atoms with Crippen LogP contribution in [0.25, 0.3) is 10.6 Å². The minimum absolute atomic E-state index is 0.0259. The van der Waals surface area contributed by atoms with E-state index >= 15 is 0 Å². The number of halogens is 1. The largest absolute Gasteiger partial charge is 0.383 e. The lowest BCUT2D eigenvalue weighted by atomic mass is 10.2.